The van der Waals surface area contributed by atoms with Gasteiger partial charge in [0.05, 0.1) is 7.11 Å². The molecule has 1 aromatic heterocycles. The molecule has 0 bridgehead atoms. The second-order valence-corrected chi connectivity index (χ2v) is 7.82. The third-order valence-corrected chi connectivity index (χ3v) is 5.36. The van der Waals surface area contributed by atoms with E-state index in [4.69, 9.17) is 9.72 Å². The van der Waals surface area contributed by atoms with Crippen LogP contribution in [0.5, 0.6) is 5.75 Å². The number of aryl methyl sites for hydroxylation is 2. The highest BCUT2D eigenvalue weighted by Crippen LogP contribution is 2.20. The molecule has 4 rings (SSSR count). The number of methoxy groups -OCH3 is 1. The van der Waals surface area contributed by atoms with Crippen LogP contribution in [0, 0.1) is 13.8 Å². The number of nitrogens with zero attached hydrogens (tertiary/aromatic N) is 4. The summed E-state index contributed by atoms with van der Waals surface area (Å²) in [6.45, 7) is 6.56. The average molecular weight is 433 g/mol. The third kappa shape index (κ3) is 5.26. The molecule has 1 aliphatic rings. The van der Waals surface area contributed by atoms with E-state index in [0.717, 1.165) is 28.6 Å². The second kappa shape index (κ2) is 9.55. The lowest BCUT2D eigenvalue weighted by Gasteiger charge is -2.34. The van der Waals surface area contributed by atoms with E-state index in [0.29, 0.717) is 32.1 Å². The minimum atomic E-state index is -0.110. The quantitative estimate of drug-likeness (QED) is 0.629. The Morgan fingerprint density at radius 2 is 1.56 bits per heavy atom. The summed E-state index contributed by atoms with van der Waals surface area (Å²) >= 11 is 0. The van der Waals surface area contributed by atoms with Crippen LogP contribution < -0.4 is 20.3 Å². The van der Waals surface area contributed by atoms with E-state index in [-0.39, 0.29) is 6.03 Å². The van der Waals surface area contributed by atoms with Crippen LogP contribution in [0.4, 0.5) is 27.9 Å². The van der Waals surface area contributed by atoms with Gasteiger partial charge in [0.25, 0.3) is 0 Å². The van der Waals surface area contributed by atoms with E-state index < -0.39 is 0 Å². The van der Waals surface area contributed by atoms with Gasteiger partial charge in [0, 0.05) is 49.3 Å². The molecule has 166 valence electrons. The zero-order chi connectivity index (χ0) is 22.5. The van der Waals surface area contributed by atoms with Crippen LogP contribution in [-0.4, -0.2) is 54.2 Å². The molecule has 8 heteroatoms. The van der Waals surface area contributed by atoms with Crippen molar-refractivity contribution in [1.82, 2.24) is 14.9 Å². The molecule has 2 N–H and O–H groups in total. The lowest BCUT2D eigenvalue weighted by Crippen LogP contribution is -2.50. The van der Waals surface area contributed by atoms with Gasteiger partial charge in [0.15, 0.2) is 0 Å². The Hall–Kier alpha value is -3.81. The van der Waals surface area contributed by atoms with Gasteiger partial charge in [-0.2, -0.15) is 4.98 Å². The van der Waals surface area contributed by atoms with Crippen molar-refractivity contribution in [2.24, 2.45) is 0 Å². The molecule has 2 amide bonds. The molecule has 0 unspecified atom stereocenters. The van der Waals surface area contributed by atoms with Gasteiger partial charge in [-0.15, -0.1) is 0 Å². The topological polar surface area (TPSA) is 82.6 Å². The van der Waals surface area contributed by atoms with Gasteiger partial charge in [-0.1, -0.05) is 17.7 Å². The van der Waals surface area contributed by atoms with Crippen molar-refractivity contribution in [2.45, 2.75) is 13.8 Å². The summed E-state index contributed by atoms with van der Waals surface area (Å²) in [5.74, 6) is 2.19. The van der Waals surface area contributed by atoms with Gasteiger partial charge >= 0.3 is 6.03 Å². The SMILES string of the molecule is COc1ccc(NC(=O)N2CCN(c3nc(C)cc(Nc4ccc(C)cc4)n3)CC2)cc1. The highest BCUT2D eigenvalue weighted by Gasteiger charge is 2.23. The molecule has 1 aliphatic heterocycles. The molecule has 1 fully saturated rings. The highest BCUT2D eigenvalue weighted by atomic mass is 16.5. The molecule has 0 aliphatic carbocycles. The number of rotatable bonds is 5. The van der Waals surface area contributed by atoms with Crippen molar-refractivity contribution in [3.63, 3.8) is 0 Å². The number of carbonyl (C=O) groups excluding carboxylic acids is 1. The Kier molecular flexibility index (Phi) is 6.39. The molecule has 0 spiro atoms. The number of urea groups is 1. The van der Waals surface area contributed by atoms with E-state index in [9.17, 15) is 4.79 Å². The van der Waals surface area contributed by atoms with Crippen molar-refractivity contribution in [3.8, 4) is 5.75 Å². The maximum Gasteiger partial charge on any atom is 0.321 e. The van der Waals surface area contributed by atoms with E-state index in [2.05, 4.69) is 39.6 Å². The number of amides is 2. The van der Waals surface area contributed by atoms with Gasteiger partial charge in [0.2, 0.25) is 5.95 Å². The summed E-state index contributed by atoms with van der Waals surface area (Å²) in [4.78, 5) is 25.9. The Morgan fingerprint density at radius 3 is 2.22 bits per heavy atom. The minimum absolute atomic E-state index is 0.110. The van der Waals surface area contributed by atoms with Crippen molar-refractivity contribution in [1.29, 1.82) is 0 Å². The number of anilines is 4. The number of ether oxygens (including phenoxy) is 1. The van der Waals surface area contributed by atoms with Crippen LogP contribution in [0.2, 0.25) is 0 Å². The fourth-order valence-electron chi connectivity index (χ4n) is 3.53. The normalized spacial score (nSPS) is 13.6. The Labute approximate surface area is 188 Å². The van der Waals surface area contributed by atoms with Gasteiger partial charge in [-0.05, 0) is 50.2 Å². The van der Waals surface area contributed by atoms with Gasteiger partial charge in [-0.25, -0.2) is 9.78 Å². The number of benzene rings is 2. The average Bonchev–Trinajstić information content (AvgIpc) is 2.81. The summed E-state index contributed by atoms with van der Waals surface area (Å²) in [7, 11) is 1.62. The molecule has 0 atom stereocenters. The van der Waals surface area contributed by atoms with E-state index in [1.165, 1.54) is 5.56 Å². The largest absolute Gasteiger partial charge is 0.497 e. The highest BCUT2D eigenvalue weighted by molar-refractivity contribution is 5.89. The predicted molar refractivity (Wildman–Crippen MR) is 127 cm³/mol. The number of hydrogen-bond acceptors (Lipinski definition) is 6. The summed E-state index contributed by atoms with van der Waals surface area (Å²) in [6.07, 6.45) is 0. The zero-order valence-electron chi connectivity index (χ0n) is 18.6. The molecule has 0 radical (unpaired) electrons. The van der Waals surface area contributed by atoms with Crippen LogP contribution >= 0.6 is 0 Å². The van der Waals surface area contributed by atoms with Crippen LogP contribution in [0.15, 0.2) is 54.6 Å². The van der Waals surface area contributed by atoms with Crippen LogP contribution in [0.25, 0.3) is 0 Å². The number of piperazine rings is 1. The first kappa shape index (κ1) is 21.4. The summed E-state index contributed by atoms with van der Waals surface area (Å²) in [6, 6.07) is 17.3. The smallest absolute Gasteiger partial charge is 0.321 e. The molecule has 3 aromatic rings. The monoisotopic (exact) mass is 432 g/mol. The summed E-state index contributed by atoms with van der Waals surface area (Å²) in [5, 5.41) is 6.29. The number of hydrogen-bond donors (Lipinski definition) is 2. The van der Waals surface area contributed by atoms with Crippen LogP contribution in [0.1, 0.15) is 11.3 Å². The fourth-order valence-corrected chi connectivity index (χ4v) is 3.53. The maximum atomic E-state index is 12.6. The van der Waals surface area contributed by atoms with Crippen molar-refractivity contribution < 1.29 is 9.53 Å². The lowest BCUT2D eigenvalue weighted by molar-refractivity contribution is 0.208. The van der Waals surface area contributed by atoms with E-state index >= 15 is 0 Å². The van der Waals surface area contributed by atoms with Gasteiger partial charge in [0.1, 0.15) is 11.6 Å². The molecule has 2 heterocycles. The number of carbonyl (C=O) groups is 1. The Balaban J connectivity index is 1.36. The first-order valence-corrected chi connectivity index (χ1v) is 10.6. The first-order valence-electron chi connectivity index (χ1n) is 10.6. The first-order chi connectivity index (χ1) is 15.5. The third-order valence-electron chi connectivity index (χ3n) is 5.36. The molecule has 2 aromatic carbocycles. The van der Waals surface area contributed by atoms with Crippen molar-refractivity contribution in [2.75, 3.05) is 48.8 Å². The number of aromatic nitrogens is 2. The predicted octanol–water partition coefficient (Wildman–Crippen LogP) is 4.20. The summed E-state index contributed by atoms with van der Waals surface area (Å²) < 4.78 is 5.15. The zero-order valence-corrected chi connectivity index (χ0v) is 18.6. The maximum absolute atomic E-state index is 12.6. The van der Waals surface area contributed by atoms with Crippen molar-refractivity contribution >= 4 is 29.2 Å². The van der Waals surface area contributed by atoms with Crippen LogP contribution in [-0.2, 0) is 0 Å². The van der Waals surface area contributed by atoms with E-state index in [1.54, 1.807) is 7.11 Å². The fraction of sp³-hybridized carbons (Fsp3) is 0.292. The van der Waals surface area contributed by atoms with Crippen molar-refractivity contribution in [3.05, 3.63) is 65.9 Å². The molecular weight excluding hydrogens is 404 g/mol. The van der Waals surface area contributed by atoms with Gasteiger partial charge in [-0.3, -0.25) is 0 Å². The molecule has 1 saturated heterocycles. The molecule has 8 nitrogen and oxygen atoms in total. The molecule has 32 heavy (non-hydrogen) atoms. The summed E-state index contributed by atoms with van der Waals surface area (Å²) in [5.41, 5.74) is 3.83. The second-order valence-electron chi connectivity index (χ2n) is 7.82. The molecule has 0 saturated carbocycles. The van der Waals surface area contributed by atoms with Gasteiger partial charge < -0.3 is 25.2 Å². The number of nitrogens with one attached hydrogen (secondary N) is 2. The van der Waals surface area contributed by atoms with E-state index in [1.807, 2.05) is 54.3 Å². The van der Waals surface area contributed by atoms with Crippen LogP contribution in [0.3, 0.4) is 0 Å². The molecular formula is C24H28N6O2. The Bertz CT molecular complexity index is 1060. The minimum Gasteiger partial charge on any atom is -0.497 e. The standard InChI is InChI=1S/C24H28N6O2/c1-17-4-6-19(7-5-17)26-22-16-18(2)25-23(28-22)29-12-14-30(15-13-29)24(31)27-20-8-10-21(32-3)11-9-20/h4-11,16H,12-15H2,1-3H3,(H,27,31)(H,25,26,28). The Morgan fingerprint density at radius 1 is 0.906 bits per heavy atom. The lowest BCUT2D eigenvalue weighted by atomic mass is 10.2.